The van der Waals surface area contributed by atoms with Gasteiger partial charge in [-0.3, -0.25) is 4.79 Å². The highest BCUT2D eigenvalue weighted by molar-refractivity contribution is 6.11. The first-order valence-electron chi connectivity index (χ1n) is 5.85. The minimum Gasteiger partial charge on any atom is -0.289 e. The van der Waals surface area contributed by atoms with Crippen molar-refractivity contribution in [2.24, 2.45) is 0 Å². The molecule has 0 atom stereocenters. The third-order valence-electron chi connectivity index (χ3n) is 3.88. The summed E-state index contributed by atoms with van der Waals surface area (Å²) in [6.45, 7) is 6.18. The molecule has 0 spiro atoms. The molecule has 1 aromatic rings. The van der Waals surface area contributed by atoms with E-state index in [1.807, 2.05) is 37.3 Å². The van der Waals surface area contributed by atoms with Crippen LogP contribution >= 0.6 is 0 Å². The molecule has 0 radical (unpaired) electrons. The number of aryl methyl sites for hydroxylation is 1. The lowest BCUT2D eigenvalue weighted by molar-refractivity contribution is 0.103. The zero-order chi connectivity index (χ0) is 12.2. The summed E-state index contributed by atoms with van der Waals surface area (Å²) in [5.41, 5.74) is 5.27. The maximum absolute atomic E-state index is 12.4. The second-order valence-electron chi connectivity index (χ2n) is 4.77. The maximum atomic E-state index is 12.4. The smallest absolute Gasteiger partial charge is 0.193 e. The van der Waals surface area contributed by atoms with Gasteiger partial charge in [0.25, 0.3) is 0 Å². The summed E-state index contributed by atoms with van der Waals surface area (Å²) >= 11 is 0. The number of ketones is 1. The third-order valence-corrected chi connectivity index (χ3v) is 3.88. The van der Waals surface area contributed by atoms with Gasteiger partial charge in [-0.1, -0.05) is 24.3 Å². The van der Waals surface area contributed by atoms with Crippen molar-refractivity contribution < 1.29 is 4.79 Å². The molecule has 0 saturated heterocycles. The minimum atomic E-state index is 0.161. The van der Waals surface area contributed by atoms with Gasteiger partial charge in [0.2, 0.25) is 0 Å². The van der Waals surface area contributed by atoms with Gasteiger partial charge in [0.05, 0.1) is 0 Å². The van der Waals surface area contributed by atoms with E-state index in [4.69, 9.17) is 0 Å². The Labute approximate surface area is 100 Å². The lowest BCUT2D eigenvalue weighted by atomic mass is 9.89. The van der Waals surface area contributed by atoms with Gasteiger partial charge in [-0.25, -0.2) is 0 Å². The molecule has 2 aliphatic carbocycles. The van der Waals surface area contributed by atoms with Crippen molar-refractivity contribution in [3.8, 4) is 0 Å². The Morgan fingerprint density at radius 2 is 1.65 bits per heavy atom. The van der Waals surface area contributed by atoms with Gasteiger partial charge in [0.1, 0.15) is 0 Å². The normalized spacial score (nSPS) is 11.5. The summed E-state index contributed by atoms with van der Waals surface area (Å²) < 4.78 is 0. The van der Waals surface area contributed by atoms with Crippen molar-refractivity contribution >= 4 is 5.78 Å². The number of carbonyl (C=O) groups excluding carboxylic acids is 1. The van der Waals surface area contributed by atoms with Crippen molar-refractivity contribution in [2.75, 3.05) is 0 Å². The first-order valence-corrected chi connectivity index (χ1v) is 5.85. The molecule has 0 heterocycles. The van der Waals surface area contributed by atoms with Crippen LogP contribution in [0.4, 0.5) is 0 Å². The highest BCUT2D eigenvalue weighted by Gasteiger charge is 2.18. The molecule has 0 saturated carbocycles. The SMILES string of the molecule is Cc1ccc(C(=O)c2cc3ccc2=3)c(C)c1C. The molecule has 1 aromatic carbocycles. The van der Waals surface area contributed by atoms with E-state index >= 15 is 0 Å². The van der Waals surface area contributed by atoms with E-state index < -0.39 is 0 Å². The summed E-state index contributed by atoms with van der Waals surface area (Å²) in [5, 5.41) is 2.35. The second kappa shape index (κ2) is 3.30. The van der Waals surface area contributed by atoms with E-state index in [1.165, 1.54) is 16.3 Å². The van der Waals surface area contributed by atoms with Crippen molar-refractivity contribution in [3.63, 3.8) is 0 Å². The van der Waals surface area contributed by atoms with Crippen LogP contribution in [0.5, 0.6) is 0 Å². The molecule has 3 rings (SSSR count). The molecule has 17 heavy (non-hydrogen) atoms. The largest absolute Gasteiger partial charge is 0.289 e. The van der Waals surface area contributed by atoms with Gasteiger partial charge in [0.15, 0.2) is 5.78 Å². The number of hydrogen-bond donors (Lipinski definition) is 0. The van der Waals surface area contributed by atoms with Gasteiger partial charge in [0, 0.05) is 11.1 Å². The van der Waals surface area contributed by atoms with Gasteiger partial charge in [-0.2, -0.15) is 0 Å². The molecule has 0 unspecified atom stereocenters. The highest BCUT2D eigenvalue weighted by Crippen LogP contribution is 2.24. The van der Waals surface area contributed by atoms with Gasteiger partial charge >= 0.3 is 0 Å². The maximum Gasteiger partial charge on any atom is 0.193 e. The molecule has 0 bridgehead atoms. The van der Waals surface area contributed by atoms with Crippen LogP contribution in [0.3, 0.4) is 0 Å². The summed E-state index contributed by atoms with van der Waals surface area (Å²) in [6.07, 6.45) is 0. The van der Waals surface area contributed by atoms with Crippen molar-refractivity contribution in [1.82, 2.24) is 0 Å². The van der Waals surface area contributed by atoms with E-state index in [2.05, 4.69) is 13.8 Å². The van der Waals surface area contributed by atoms with E-state index in [9.17, 15) is 4.79 Å². The first kappa shape index (κ1) is 10.3. The van der Waals surface area contributed by atoms with Crippen LogP contribution < -0.4 is 0 Å². The predicted molar refractivity (Wildman–Crippen MR) is 68.2 cm³/mol. The molecule has 2 aliphatic rings. The average Bonchev–Trinajstić information content (AvgIpc) is 2.29. The van der Waals surface area contributed by atoms with Crippen LogP contribution in [0, 0.1) is 31.2 Å². The van der Waals surface area contributed by atoms with Gasteiger partial charge in [-0.05, 0) is 54.0 Å². The second-order valence-corrected chi connectivity index (χ2v) is 4.77. The van der Waals surface area contributed by atoms with Crippen molar-refractivity contribution in [1.29, 1.82) is 0 Å². The minimum absolute atomic E-state index is 0.161. The zero-order valence-electron chi connectivity index (χ0n) is 10.3. The molecular formula is C16H14O. The number of carbonyl (C=O) groups is 1. The topological polar surface area (TPSA) is 17.1 Å². The molecule has 0 fully saturated rings. The molecule has 84 valence electrons. The van der Waals surface area contributed by atoms with Crippen LogP contribution in [0.25, 0.3) is 0 Å². The first-order chi connectivity index (χ1) is 8.09. The third kappa shape index (κ3) is 1.29. The average molecular weight is 222 g/mol. The van der Waals surface area contributed by atoms with Crippen LogP contribution in [0.1, 0.15) is 32.6 Å². The summed E-state index contributed by atoms with van der Waals surface area (Å²) in [5.74, 6) is 0.161. The van der Waals surface area contributed by atoms with E-state index in [1.54, 1.807) is 0 Å². The quantitative estimate of drug-likeness (QED) is 0.607. The van der Waals surface area contributed by atoms with Crippen molar-refractivity contribution in [2.45, 2.75) is 20.8 Å². The standard InChI is InChI=1S/C16H14O/c1-9-4-6-13(11(3)10(9)2)16(17)15-8-12-5-7-14(12)15/h4-8H,1-3H3. The Morgan fingerprint density at radius 3 is 2.18 bits per heavy atom. The Bertz CT molecular complexity index is 739. The molecule has 1 nitrogen and oxygen atoms in total. The fourth-order valence-electron chi connectivity index (χ4n) is 2.32. The van der Waals surface area contributed by atoms with E-state index in [-0.39, 0.29) is 5.78 Å². The lowest BCUT2D eigenvalue weighted by Crippen LogP contribution is -2.10. The Kier molecular flexibility index (Phi) is 1.99. The van der Waals surface area contributed by atoms with Gasteiger partial charge < -0.3 is 0 Å². The van der Waals surface area contributed by atoms with E-state index in [0.29, 0.717) is 0 Å². The molecular weight excluding hydrogens is 208 g/mol. The van der Waals surface area contributed by atoms with Crippen LogP contribution in [-0.2, 0) is 0 Å². The van der Waals surface area contributed by atoms with Gasteiger partial charge in [-0.15, -0.1) is 0 Å². The predicted octanol–water partition coefficient (Wildman–Crippen LogP) is 3.44. The number of hydrogen-bond acceptors (Lipinski definition) is 1. The molecule has 0 amide bonds. The highest BCUT2D eigenvalue weighted by atomic mass is 16.1. The molecule has 0 aliphatic heterocycles. The van der Waals surface area contributed by atoms with Crippen LogP contribution in [0.2, 0.25) is 0 Å². The Morgan fingerprint density at radius 1 is 0.882 bits per heavy atom. The van der Waals surface area contributed by atoms with Crippen molar-refractivity contribution in [3.05, 3.63) is 68.6 Å². The lowest BCUT2D eigenvalue weighted by Gasteiger charge is -2.14. The van der Waals surface area contributed by atoms with Crippen LogP contribution in [0.15, 0.2) is 30.3 Å². The van der Waals surface area contributed by atoms with Crippen LogP contribution in [-0.4, -0.2) is 5.78 Å². The fraction of sp³-hybridized carbons (Fsp3) is 0.188. The molecule has 0 N–H and O–H groups in total. The fourth-order valence-corrected chi connectivity index (χ4v) is 2.32. The summed E-state index contributed by atoms with van der Waals surface area (Å²) in [4.78, 5) is 12.4. The zero-order valence-corrected chi connectivity index (χ0v) is 10.3. The Hall–Kier alpha value is -1.89. The number of rotatable bonds is 2. The number of benzene rings is 2. The summed E-state index contributed by atoms with van der Waals surface area (Å²) in [6, 6.07) is 10.0. The molecule has 1 heteroatoms. The molecule has 0 aromatic heterocycles. The summed E-state index contributed by atoms with van der Waals surface area (Å²) in [7, 11) is 0. The monoisotopic (exact) mass is 222 g/mol. The van der Waals surface area contributed by atoms with E-state index in [0.717, 1.165) is 21.9 Å². The Balaban J connectivity index is 2.10.